The van der Waals surface area contributed by atoms with Gasteiger partial charge in [0.15, 0.2) is 0 Å². The molecule has 0 aromatic carbocycles. The number of primary amides is 1. The first-order valence-electron chi connectivity index (χ1n) is 7.56. The second-order valence-electron chi connectivity index (χ2n) is 5.49. The van der Waals surface area contributed by atoms with Gasteiger partial charge in [-0.2, -0.15) is 4.98 Å². The van der Waals surface area contributed by atoms with Crippen LogP contribution < -0.4 is 16.4 Å². The normalized spacial score (nSPS) is 21.1. The SMILES string of the molecule is C=CCCNc1nc(N[C@@H]2CCC[C@H](O)C2)ncc1C(N)=O. The number of hydrogen-bond donors (Lipinski definition) is 4. The van der Waals surface area contributed by atoms with E-state index in [-0.39, 0.29) is 17.7 Å². The molecule has 0 spiro atoms. The summed E-state index contributed by atoms with van der Waals surface area (Å²) in [5, 5.41) is 16.0. The van der Waals surface area contributed by atoms with E-state index in [0.717, 1.165) is 25.7 Å². The topological polar surface area (TPSA) is 113 Å². The Morgan fingerprint density at radius 1 is 1.55 bits per heavy atom. The van der Waals surface area contributed by atoms with E-state index < -0.39 is 5.91 Å². The average Bonchev–Trinajstić information content (AvgIpc) is 2.47. The quantitative estimate of drug-likeness (QED) is 0.446. The van der Waals surface area contributed by atoms with Crippen molar-refractivity contribution in [2.24, 2.45) is 5.73 Å². The lowest BCUT2D eigenvalue weighted by Crippen LogP contribution is -2.30. The van der Waals surface area contributed by atoms with Crippen molar-refractivity contribution in [2.75, 3.05) is 17.2 Å². The fourth-order valence-corrected chi connectivity index (χ4v) is 2.54. The molecule has 7 heteroatoms. The molecule has 5 N–H and O–H groups in total. The summed E-state index contributed by atoms with van der Waals surface area (Å²) in [6.45, 7) is 4.26. The van der Waals surface area contributed by atoms with Crippen molar-refractivity contribution in [3.05, 3.63) is 24.4 Å². The molecule has 120 valence electrons. The van der Waals surface area contributed by atoms with Crippen LogP contribution >= 0.6 is 0 Å². The maximum absolute atomic E-state index is 11.4. The maximum Gasteiger partial charge on any atom is 0.254 e. The summed E-state index contributed by atoms with van der Waals surface area (Å²) >= 11 is 0. The van der Waals surface area contributed by atoms with Gasteiger partial charge in [0.2, 0.25) is 5.95 Å². The number of aliphatic hydroxyl groups is 1. The van der Waals surface area contributed by atoms with Gasteiger partial charge in [-0.05, 0) is 32.1 Å². The zero-order chi connectivity index (χ0) is 15.9. The number of aliphatic hydroxyl groups excluding tert-OH is 1. The maximum atomic E-state index is 11.4. The van der Waals surface area contributed by atoms with E-state index in [1.807, 2.05) is 0 Å². The number of rotatable bonds is 7. The molecule has 0 unspecified atom stereocenters. The van der Waals surface area contributed by atoms with E-state index in [1.165, 1.54) is 6.20 Å². The Kier molecular flexibility index (Phi) is 5.71. The minimum atomic E-state index is -0.569. The lowest BCUT2D eigenvalue weighted by molar-refractivity contribution is 0.100. The summed E-state index contributed by atoms with van der Waals surface area (Å²) in [4.78, 5) is 19.9. The second-order valence-corrected chi connectivity index (χ2v) is 5.49. The van der Waals surface area contributed by atoms with Crippen molar-refractivity contribution in [3.8, 4) is 0 Å². The Bertz CT molecular complexity index is 535. The van der Waals surface area contributed by atoms with Crippen molar-refractivity contribution < 1.29 is 9.90 Å². The second kappa shape index (κ2) is 7.74. The number of carbonyl (C=O) groups is 1. The molecule has 1 aromatic heterocycles. The van der Waals surface area contributed by atoms with Gasteiger partial charge in [0, 0.05) is 18.8 Å². The van der Waals surface area contributed by atoms with E-state index in [2.05, 4.69) is 27.2 Å². The molecule has 1 aromatic rings. The summed E-state index contributed by atoms with van der Waals surface area (Å²) in [7, 11) is 0. The average molecular weight is 305 g/mol. The Hall–Kier alpha value is -2.15. The van der Waals surface area contributed by atoms with Crippen LogP contribution in [0.15, 0.2) is 18.9 Å². The number of aromatic nitrogens is 2. The molecule has 0 aliphatic heterocycles. The highest BCUT2D eigenvalue weighted by atomic mass is 16.3. The van der Waals surface area contributed by atoms with Gasteiger partial charge in [0.25, 0.3) is 5.91 Å². The van der Waals surface area contributed by atoms with E-state index in [4.69, 9.17) is 5.73 Å². The van der Waals surface area contributed by atoms with Crippen LogP contribution in [-0.4, -0.2) is 39.7 Å². The number of nitrogens with two attached hydrogens (primary N) is 1. The first-order valence-corrected chi connectivity index (χ1v) is 7.56. The molecule has 1 amide bonds. The van der Waals surface area contributed by atoms with Gasteiger partial charge in [-0.25, -0.2) is 4.98 Å². The highest BCUT2D eigenvalue weighted by Gasteiger charge is 2.21. The minimum Gasteiger partial charge on any atom is -0.393 e. The predicted molar refractivity (Wildman–Crippen MR) is 85.7 cm³/mol. The Labute approximate surface area is 130 Å². The fourth-order valence-electron chi connectivity index (χ4n) is 2.54. The highest BCUT2D eigenvalue weighted by molar-refractivity contribution is 5.97. The lowest BCUT2D eigenvalue weighted by atomic mass is 9.93. The number of anilines is 2. The molecule has 2 atom stereocenters. The van der Waals surface area contributed by atoms with Gasteiger partial charge >= 0.3 is 0 Å². The molecular formula is C15H23N5O2. The first-order chi connectivity index (χ1) is 10.6. The van der Waals surface area contributed by atoms with Gasteiger partial charge in [-0.3, -0.25) is 4.79 Å². The molecule has 22 heavy (non-hydrogen) atoms. The first kappa shape index (κ1) is 16.2. The van der Waals surface area contributed by atoms with Crippen molar-refractivity contribution >= 4 is 17.7 Å². The zero-order valence-corrected chi connectivity index (χ0v) is 12.6. The van der Waals surface area contributed by atoms with Gasteiger partial charge in [0.05, 0.1) is 11.7 Å². The van der Waals surface area contributed by atoms with Crippen LogP contribution in [0.1, 0.15) is 42.5 Å². The summed E-state index contributed by atoms with van der Waals surface area (Å²) < 4.78 is 0. The third kappa shape index (κ3) is 4.42. The largest absolute Gasteiger partial charge is 0.393 e. The molecule has 1 fully saturated rings. The molecular weight excluding hydrogens is 282 g/mol. The Balaban J connectivity index is 2.09. The van der Waals surface area contributed by atoms with Crippen LogP contribution in [0.25, 0.3) is 0 Å². The summed E-state index contributed by atoms with van der Waals surface area (Å²) in [6.07, 6.45) is 7.14. The van der Waals surface area contributed by atoms with E-state index in [0.29, 0.717) is 24.7 Å². The molecule has 0 bridgehead atoms. The standard InChI is InChI=1S/C15H23N5O2/c1-2-3-7-17-14-12(13(16)22)9-18-15(20-14)19-10-5-4-6-11(21)8-10/h2,9-11,21H,1,3-8H2,(H2,16,22)(H2,17,18,19,20)/t10-,11+/m1/s1. The molecule has 1 aliphatic rings. The van der Waals surface area contributed by atoms with Gasteiger partial charge in [-0.1, -0.05) is 6.08 Å². The van der Waals surface area contributed by atoms with E-state index in [1.54, 1.807) is 6.08 Å². The van der Waals surface area contributed by atoms with Crippen molar-refractivity contribution in [1.29, 1.82) is 0 Å². The molecule has 1 heterocycles. The van der Waals surface area contributed by atoms with Crippen molar-refractivity contribution in [2.45, 2.75) is 44.2 Å². The molecule has 0 radical (unpaired) electrons. The number of hydrogen-bond acceptors (Lipinski definition) is 6. The third-order valence-electron chi connectivity index (χ3n) is 3.67. The van der Waals surface area contributed by atoms with Gasteiger partial charge in [0.1, 0.15) is 5.82 Å². The molecule has 1 aliphatic carbocycles. The van der Waals surface area contributed by atoms with E-state index in [9.17, 15) is 9.90 Å². The van der Waals surface area contributed by atoms with Crippen LogP contribution in [0, 0.1) is 0 Å². The van der Waals surface area contributed by atoms with Crippen LogP contribution in [0.2, 0.25) is 0 Å². The van der Waals surface area contributed by atoms with Gasteiger partial charge in [-0.15, -0.1) is 6.58 Å². The molecule has 1 saturated carbocycles. The number of nitrogens with zero attached hydrogens (tertiary/aromatic N) is 2. The molecule has 2 rings (SSSR count). The van der Waals surface area contributed by atoms with Crippen LogP contribution in [0.5, 0.6) is 0 Å². The Morgan fingerprint density at radius 3 is 3.05 bits per heavy atom. The number of nitrogens with one attached hydrogen (secondary N) is 2. The highest BCUT2D eigenvalue weighted by Crippen LogP contribution is 2.22. The van der Waals surface area contributed by atoms with Crippen LogP contribution in [0.3, 0.4) is 0 Å². The third-order valence-corrected chi connectivity index (χ3v) is 3.67. The summed E-state index contributed by atoms with van der Waals surface area (Å²) in [5.74, 6) is 0.286. The summed E-state index contributed by atoms with van der Waals surface area (Å²) in [6, 6.07) is 0.143. The fraction of sp³-hybridized carbons (Fsp3) is 0.533. The molecule has 7 nitrogen and oxygen atoms in total. The monoisotopic (exact) mass is 305 g/mol. The predicted octanol–water partition coefficient (Wildman–Crippen LogP) is 1.28. The molecule has 0 saturated heterocycles. The van der Waals surface area contributed by atoms with E-state index >= 15 is 0 Å². The van der Waals surface area contributed by atoms with Crippen LogP contribution in [-0.2, 0) is 0 Å². The zero-order valence-electron chi connectivity index (χ0n) is 12.6. The van der Waals surface area contributed by atoms with Crippen LogP contribution in [0.4, 0.5) is 11.8 Å². The van der Waals surface area contributed by atoms with Crippen molar-refractivity contribution in [1.82, 2.24) is 9.97 Å². The Morgan fingerprint density at radius 2 is 2.36 bits per heavy atom. The number of carbonyl (C=O) groups excluding carboxylic acids is 1. The van der Waals surface area contributed by atoms with Gasteiger partial charge < -0.3 is 21.5 Å². The lowest BCUT2D eigenvalue weighted by Gasteiger charge is -2.26. The number of amides is 1. The summed E-state index contributed by atoms with van der Waals surface area (Å²) in [5.41, 5.74) is 5.60. The van der Waals surface area contributed by atoms with Crippen molar-refractivity contribution in [3.63, 3.8) is 0 Å². The minimum absolute atomic E-state index is 0.143. The smallest absolute Gasteiger partial charge is 0.254 e.